The van der Waals surface area contributed by atoms with Crippen LogP contribution in [0.4, 0.5) is 5.69 Å². The topological polar surface area (TPSA) is 59.8 Å². The van der Waals surface area contributed by atoms with E-state index < -0.39 is 0 Å². The zero-order valence-corrected chi connectivity index (χ0v) is 13.7. The zero-order chi connectivity index (χ0) is 16.2. The second-order valence-corrected chi connectivity index (χ2v) is 6.61. The Balaban J connectivity index is 1.48. The molecule has 5 nitrogen and oxygen atoms in total. The molecule has 0 aromatic heterocycles. The van der Waals surface area contributed by atoms with Crippen LogP contribution in [-0.2, 0) is 27.2 Å². The predicted molar refractivity (Wildman–Crippen MR) is 87.4 cm³/mol. The van der Waals surface area contributed by atoms with Gasteiger partial charge in [-0.05, 0) is 42.5 Å². The number of carbonyl (C=O) groups is 2. The highest BCUT2D eigenvalue weighted by Gasteiger charge is 2.29. The van der Waals surface area contributed by atoms with Crippen LogP contribution in [0, 0.1) is 5.92 Å². The summed E-state index contributed by atoms with van der Waals surface area (Å²) in [5, 5.41) is 3.01. The first-order valence-corrected chi connectivity index (χ1v) is 8.49. The molecule has 124 valence electrons. The maximum atomic E-state index is 12.2. The number of esters is 1. The number of hydrogen-bond acceptors (Lipinski definition) is 3. The molecule has 1 fully saturated rings. The van der Waals surface area contributed by atoms with Crippen LogP contribution < -0.4 is 10.2 Å². The van der Waals surface area contributed by atoms with Gasteiger partial charge in [-0.3, -0.25) is 9.59 Å². The molecular weight excluding hydrogens is 292 g/mol. The van der Waals surface area contributed by atoms with Crippen LogP contribution in [0.5, 0.6) is 0 Å². The lowest BCUT2D eigenvalue weighted by Gasteiger charge is -2.27. The summed E-state index contributed by atoms with van der Waals surface area (Å²) in [5.41, 5.74) is 3.69. The molecule has 0 radical (unpaired) electrons. The predicted octanol–water partition coefficient (Wildman–Crippen LogP) is 0.582. The smallest absolute Gasteiger partial charge is 0.309 e. The number of likely N-dealkylation sites (tertiary alicyclic amines) is 1. The third-order valence-electron chi connectivity index (χ3n) is 5.02. The molecule has 2 aliphatic rings. The Morgan fingerprint density at radius 1 is 1.22 bits per heavy atom. The van der Waals surface area contributed by atoms with E-state index in [2.05, 4.69) is 17.4 Å². The minimum Gasteiger partial charge on any atom is -0.469 e. The minimum absolute atomic E-state index is 0.00326. The number of amides is 1. The van der Waals surface area contributed by atoms with Crippen LogP contribution in [0.15, 0.2) is 18.2 Å². The van der Waals surface area contributed by atoms with Gasteiger partial charge in [0, 0.05) is 18.5 Å². The second-order valence-electron chi connectivity index (χ2n) is 6.61. The highest BCUT2D eigenvalue weighted by Crippen LogP contribution is 2.24. The molecule has 0 bridgehead atoms. The van der Waals surface area contributed by atoms with Gasteiger partial charge in [0.05, 0.1) is 26.1 Å². The summed E-state index contributed by atoms with van der Waals surface area (Å²) >= 11 is 0. The molecular formula is C18H25N2O3+. The van der Waals surface area contributed by atoms with Gasteiger partial charge >= 0.3 is 5.97 Å². The second kappa shape index (κ2) is 7.13. The van der Waals surface area contributed by atoms with E-state index in [9.17, 15) is 9.59 Å². The maximum absolute atomic E-state index is 12.2. The van der Waals surface area contributed by atoms with Crippen molar-refractivity contribution in [1.82, 2.24) is 0 Å². The number of quaternary nitrogens is 1. The maximum Gasteiger partial charge on any atom is 0.309 e. The van der Waals surface area contributed by atoms with Gasteiger partial charge < -0.3 is 15.0 Å². The van der Waals surface area contributed by atoms with E-state index in [4.69, 9.17) is 4.74 Å². The van der Waals surface area contributed by atoms with Gasteiger partial charge in [-0.15, -0.1) is 0 Å². The van der Waals surface area contributed by atoms with Gasteiger partial charge in [0.2, 0.25) is 0 Å². The number of piperidine rings is 1. The first-order valence-electron chi connectivity index (χ1n) is 8.49. The van der Waals surface area contributed by atoms with Gasteiger partial charge in [0.25, 0.3) is 5.91 Å². The molecule has 5 heteroatoms. The van der Waals surface area contributed by atoms with Crippen molar-refractivity contribution in [3.05, 3.63) is 29.3 Å². The van der Waals surface area contributed by atoms with Crippen molar-refractivity contribution in [2.45, 2.75) is 32.1 Å². The van der Waals surface area contributed by atoms with Gasteiger partial charge in [-0.2, -0.15) is 0 Å². The molecule has 1 aliphatic heterocycles. The summed E-state index contributed by atoms with van der Waals surface area (Å²) in [6.07, 6.45) is 5.09. The van der Waals surface area contributed by atoms with Crippen molar-refractivity contribution in [2.24, 2.45) is 5.92 Å². The molecule has 0 unspecified atom stereocenters. The normalized spacial score (nSPS) is 23.2. The fourth-order valence-electron chi connectivity index (χ4n) is 3.69. The molecule has 1 saturated heterocycles. The number of methoxy groups -OCH3 is 1. The summed E-state index contributed by atoms with van der Waals surface area (Å²) in [5.74, 6) is -0.0652. The largest absolute Gasteiger partial charge is 0.469 e. The first kappa shape index (κ1) is 16.0. The fraction of sp³-hybridized carbons (Fsp3) is 0.556. The van der Waals surface area contributed by atoms with Crippen LogP contribution in [0.25, 0.3) is 0 Å². The summed E-state index contributed by atoms with van der Waals surface area (Å²) in [6.45, 7) is 2.15. The summed E-state index contributed by atoms with van der Waals surface area (Å²) < 4.78 is 4.79. The van der Waals surface area contributed by atoms with Crippen LogP contribution >= 0.6 is 0 Å². The SMILES string of the molecule is COC(=O)C1CC[NH+](CC(=O)Nc2ccc3c(c2)CCC3)CC1. The van der Waals surface area contributed by atoms with Crippen molar-refractivity contribution in [1.29, 1.82) is 0 Å². The van der Waals surface area contributed by atoms with E-state index >= 15 is 0 Å². The number of rotatable bonds is 4. The quantitative estimate of drug-likeness (QED) is 0.799. The Morgan fingerprint density at radius 3 is 2.70 bits per heavy atom. The number of carbonyl (C=O) groups excluding carboxylic acids is 2. The van der Waals surface area contributed by atoms with Crippen molar-refractivity contribution in [2.75, 3.05) is 32.1 Å². The number of fused-ring (bicyclic) bond motifs is 1. The number of hydrogen-bond donors (Lipinski definition) is 2. The van der Waals surface area contributed by atoms with Gasteiger partial charge in [0.1, 0.15) is 0 Å². The van der Waals surface area contributed by atoms with Gasteiger partial charge in [-0.1, -0.05) is 6.07 Å². The Labute approximate surface area is 137 Å². The molecule has 0 atom stereocenters. The molecule has 3 rings (SSSR count). The lowest BCUT2D eigenvalue weighted by molar-refractivity contribution is -0.897. The third-order valence-corrected chi connectivity index (χ3v) is 5.02. The Bertz CT molecular complexity index is 592. The minimum atomic E-state index is -0.119. The third kappa shape index (κ3) is 3.91. The number of ether oxygens (including phenoxy) is 1. The summed E-state index contributed by atoms with van der Waals surface area (Å²) in [4.78, 5) is 25.0. The summed E-state index contributed by atoms with van der Waals surface area (Å²) in [6, 6.07) is 6.24. The van der Waals surface area contributed by atoms with Crippen molar-refractivity contribution in [3.8, 4) is 0 Å². The number of anilines is 1. The molecule has 2 N–H and O–H groups in total. The van der Waals surface area contributed by atoms with E-state index in [-0.39, 0.29) is 17.8 Å². The molecule has 1 aromatic carbocycles. The lowest BCUT2D eigenvalue weighted by atomic mass is 9.97. The molecule has 0 saturated carbocycles. The highest BCUT2D eigenvalue weighted by atomic mass is 16.5. The van der Waals surface area contributed by atoms with Crippen molar-refractivity contribution >= 4 is 17.6 Å². The van der Waals surface area contributed by atoms with E-state index in [0.717, 1.165) is 44.5 Å². The van der Waals surface area contributed by atoms with Crippen molar-refractivity contribution in [3.63, 3.8) is 0 Å². The van der Waals surface area contributed by atoms with E-state index in [1.54, 1.807) is 0 Å². The first-order chi connectivity index (χ1) is 11.2. The molecule has 23 heavy (non-hydrogen) atoms. The molecule has 1 heterocycles. The summed E-state index contributed by atoms with van der Waals surface area (Å²) in [7, 11) is 1.44. The Morgan fingerprint density at radius 2 is 1.96 bits per heavy atom. The van der Waals surface area contributed by atoms with E-state index in [1.807, 2.05) is 6.07 Å². The van der Waals surface area contributed by atoms with Crippen LogP contribution in [0.1, 0.15) is 30.4 Å². The Hall–Kier alpha value is -1.88. The molecule has 1 aliphatic carbocycles. The van der Waals surface area contributed by atoms with E-state index in [0.29, 0.717) is 6.54 Å². The molecule has 1 amide bonds. The van der Waals surface area contributed by atoms with Crippen LogP contribution in [-0.4, -0.2) is 38.6 Å². The van der Waals surface area contributed by atoms with Crippen molar-refractivity contribution < 1.29 is 19.2 Å². The average Bonchev–Trinajstić information content (AvgIpc) is 3.02. The zero-order valence-electron chi connectivity index (χ0n) is 13.7. The number of benzene rings is 1. The van der Waals surface area contributed by atoms with E-state index in [1.165, 1.54) is 29.6 Å². The number of aryl methyl sites for hydroxylation is 2. The Kier molecular flexibility index (Phi) is 4.96. The average molecular weight is 317 g/mol. The lowest BCUT2D eigenvalue weighted by Crippen LogP contribution is -3.14. The highest BCUT2D eigenvalue weighted by molar-refractivity contribution is 5.91. The van der Waals surface area contributed by atoms with Gasteiger partial charge in [-0.25, -0.2) is 0 Å². The monoisotopic (exact) mass is 317 g/mol. The van der Waals surface area contributed by atoms with Gasteiger partial charge in [0.15, 0.2) is 6.54 Å². The number of nitrogens with one attached hydrogen (secondary N) is 2. The fourth-order valence-corrected chi connectivity index (χ4v) is 3.69. The molecule has 0 spiro atoms. The molecule has 1 aromatic rings. The van der Waals surface area contributed by atoms with Crippen LogP contribution in [0.2, 0.25) is 0 Å². The van der Waals surface area contributed by atoms with Crippen LogP contribution in [0.3, 0.4) is 0 Å². The standard InChI is InChI=1S/C18H24N2O3/c1-23-18(22)14-7-9-20(10-8-14)12-17(21)19-16-6-5-13-3-2-4-15(13)11-16/h5-6,11,14H,2-4,7-10,12H2,1H3,(H,19,21)/p+1.